The normalized spacial score (nSPS) is 10.6. The van der Waals surface area contributed by atoms with Crippen molar-refractivity contribution in [3.63, 3.8) is 0 Å². The van der Waals surface area contributed by atoms with Crippen molar-refractivity contribution in [1.29, 1.82) is 0 Å². The number of ketones is 1. The molecule has 134 valence electrons. The highest BCUT2D eigenvalue weighted by Crippen LogP contribution is 1.86. The predicted octanol–water partition coefficient (Wildman–Crippen LogP) is 0.299. The van der Waals surface area contributed by atoms with E-state index in [1.54, 1.807) is 0 Å². The standard InChI is InChI=1S/C15H26O8/c1-2-14(16)13-23-12-11-22-10-9-21-8-7-20-6-5-19-4-3-15(17)18/h2H,1,3-13H2,(H,17,18). The minimum atomic E-state index is -0.877. The highest BCUT2D eigenvalue weighted by molar-refractivity contribution is 5.90. The number of carbonyl (C=O) groups is 2. The number of aliphatic carboxylic acids is 1. The fourth-order valence-electron chi connectivity index (χ4n) is 1.27. The van der Waals surface area contributed by atoms with Crippen LogP contribution in [0.2, 0.25) is 0 Å². The second-order valence-electron chi connectivity index (χ2n) is 4.32. The van der Waals surface area contributed by atoms with Crippen molar-refractivity contribution in [1.82, 2.24) is 0 Å². The lowest BCUT2D eigenvalue weighted by atomic mass is 10.4. The van der Waals surface area contributed by atoms with Crippen molar-refractivity contribution >= 4 is 11.8 Å². The van der Waals surface area contributed by atoms with Gasteiger partial charge in [-0.25, -0.2) is 0 Å². The molecule has 0 aromatic carbocycles. The molecule has 0 aliphatic rings. The molecule has 0 amide bonds. The van der Waals surface area contributed by atoms with Crippen LogP contribution in [0, 0.1) is 0 Å². The highest BCUT2D eigenvalue weighted by atomic mass is 16.6. The van der Waals surface area contributed by atoms with Gasteiger partial charge in [-0.05, 0) is 6.08 Å². The Labute approximate surface area is 136 Å². The summed E-state index contributed by atoms with van der Waals surface area (Å²) in [7, 11) is 0. The molecule has 0 aromatic heterocycles. The molecule has 0 unspecified atom stereocenters. The fourth-order valence-corrected chi connectivity index (χ4v) is 1.27. The van der Waals surface area contributed by atoms with E-state index in [0.717, 1.165) is 0 Å². The molecule has 0 aliphatic heterocycles. The third-order valence-corrected chi connectivity index (χ3v) is 2.42. The zero-order chi connectivity index (χ0) is 17.2. The largest absolute Gasteiger partial charge is 0.481 e. The average molecular weight is 334 g/mol. The lowest BCUT2D eigenvalue weighted by molar-refractivity contribution is -0.138. The topological polar surface area (TPSA) is 101 Å². The highest BCUT2D eigenvalue weighted by Gasteiger charge is 1.97. The zero-order valence-electron chi connectivity index (χ0n) is 13.4. The van der Waals surface area contributed by atoms with E-state index in [2.05, 4.69) is 6.58 Å². The van der Waals surface area contributed by atoms with Gasteiger partial charge in [0, 0.05) is 0 Å². The van der Waals surface area contributed by atoms with E-state index < -0.39 is 5.97 Å². The summed E-state index contributed by atoms with van der Waals surface area (Å²) < 4.78 is 25.9. The van der Waals surface area contributed by atoms with E-state index in [-0.39, 0.29) is 25.4 Å². The van der Waals surface area contributed by atoms with Gasteiger partial charge < -0.3 is 28.8 Å². The summed E-state index contributed by atoms with van der Waals surface area (Å²) in [6.07, 6.45) is 1.22. The van der Waals surface area contributed by atoms with E-state index in [1.807, 2.05) is 0 Å². The van der Waals surface area contributed by atoms with E-state index >= 15 is 0 Å². The SMILES string of the molecule is C=CC(=O)COCCOCCOCCOCCOCCC(=O)O. The minimum absolute atomic E-state index is 0.00128. The van der Waals surface area contributed by atoms with Gasteiger partial charge in [0.15, 0.2) is 5.78 Å². The quantitative estimate of drug-likeness (QED) is 0.282. The Bertz CT molecular complexity index is 319. The van der Waals surface area contributed by atoms with Gasteiger partial charge in [-0.3, -0.25) is 9.59 Å². The number of carboxylic acids is 1. The molecule has 0 aliphatic carbocycles. The first-order valence-corrected chi connectivity index (χ1v) is 7.42. The van der Waals surface area contributed by atoms with Crippen LogP contribution >= 0.6 is 0 Å². The number of hydrogen-bond acceptors (Lipinski definition) is 7. The van der Waals surface area contributed by atoms with Gasteiger partial charge in [0.2, 0.25) is 0 Å². The van der Waals surface area contributed by atoms with E-state index in [0.29, 0.717) is 52.9 Å². The Morgan fingerprint density at radius 2 is 1.13 bits per heavy atom. The number of carboxylic acid groups (broad SMARTS) is 1. The predicted molar refractivity (Wildman–Crippen MR) is 81.6 cm³/mol. The molecule has 0 bridgehead atoms. The number of carbonyl (C=O) groups excluding carboxylic acids is 1. The van der Waals surface area contributed by atoms with Crippen LogP contribution in [0.4, 0.5) is 0 Å². The van der Waals surface area contributed by atoms with Gasteiger partial charge in [0.1, 0.15) is 6.61 Å². The smallest absolute Gasteiger partial charge is 0.305 e. The maximum Gasteiger partial charge on any atom is 0.305 e. The third kappa shape index (κ3) is 18.6. The van der Waals surface area contributed by atoms with Crippen LogP contribution in [0.25, 0.3) is 0 Å². The van der Waals surface area contributed by atoms with Crippen molar-refractivity contribution in [3.8, 4) is 0 Å². The van der Waals surface area contributed by atoms with Crippen LogP contribution in [0.15, 0.2) is 12.7 Å². The molecule has 0 rings (SSSR count). The van der Waals surface area contributed by atoms with Gasteiger partial charge in [-0.15, -0.1) is 0 Å². The summed E-state index contributed by atoms with van der Waals surface area (Å²) in [6, 6.07) is 0. The van der Waals surface area contributed by atoms with Crippen LogP contribution in [0.3, 0.4) is 0 Å². The Balaban J connectivity index is 3.04. The van der Waals surface area contributed by atoms with Crippen molar-refractivity contribution in [2.45, 2.75) is 6.42 Å². The van der Waals surface area contributed by atoms with Crippen LogP contribution in [0.1, 0.15) is 6.42 Å². The molecule has 0 atom stereocenters. The summed E-state index contributed by atoms with van der Waals surface area (Å²) in [4.78, 5) is 21.0. The molecule has 8 nitrogen and oxygen atoms in total. The summed E-state index contributed by atoms with van der Waals surface area (Å²) in [6.45, 7) is 6.86. The van der Waals surface area contributed by atoms with Gasteiger partial charge >= 0.3 is 5.97 Å². The molecule has 23 heavy (non-hydrogen) atoms. The Morgan fingerprint density at radius 1 is 0.739 bits per heavy atom. The average Bonchev–Trinajstić information content (AvgIpc) is 2.53. The molecule has 0 heterocycles. The molecule has 0 aromatic rings. The molecular formula is C15H26O8. The van der Waals surface area contributed by atoms with Crippen molar-refractivity contribution in [2.24, 2.45) is 0 Å². The second-order valence-corrected chi connectivity index (χ2v) is 4.32. The molecule has 0 fully saturated rings. The van der Waals surface area contributed by atoms with Gasteiger partial charge in [-0.1, -0.05) is 6.58 Å². The minimum Gasteiger partial charge on any atom is -0.481 e. The van der Waals surface area contributed by atoms with Crippen LogP contribution < -0.4 is 0 Å². The van der Waals surface area contributed by atoms with E-state index in [1.165, 1.54) is 6.08 Å². The molecule has 0 spiro atoms. The molecule has 0 saturated carbocycles. The van der Waals surface area contributed by atoms with Crippen LogP contribution in [-0.4, -0.2) is 82.9 Å². The van der Waals surface area contributed by atoms with E-state index in [9.17, 15) is 9.59 Å². The molecular weight excluding hydrogens is 308 g/mol. The first kappa shape index (κ1) is 21.7. The first-order valence-electron chi connectivity index (χ1n) is 7.42. The lowest BCUT2D eigenvalue weighted by Crippen LogP contribution is -2.14. The number of ether oxygens (including phenoxy) is 5. The zero-order valence-corrected chi connectivity index (χ0v) is 13.4. The van der Waals surface area contributed by atoms with Gasteiger partial charge in [0.25, 0.3) is 0 Å². The maximum absolute atomic E-state index is 10.8. The van der Waals surface area contributed by atoms with Crippen molar-refractivity contribution < 1.29 is 38.4 Å². The first-order chi connectivity index (χ1) is 11.2. The molecule has 8 heteroatoms. The third-order valence-electron chi connectivity index (χ3n) is 2.42. The van der Waals surface area contributed by atoms with Crippen molar-refractivity contribution in [3.05, 3.63) is 12.7 Å². The number of hydrogen-bond donors (Lipinski definition) is 1. The maximum atomic E-state index is 10.8. The molecule has 0 radical (unpaired) electrons. The van der Waals surface area contributed by atoms with Gasteiger partial charge in [-0.2, -0.15) is 0 Å². The Hall–Kier alpha value is -1.32. The fraction of sp³-hybridized carbons (Fsp3) is 0.733. The van der Waals surface area contributed by atoms with Crippen LogP contribution in [-0.2, 0) is 33.3 Å². The summed E-state index contributed by atoms with van der Waals surface area (Å²) in [5.41, 5.74) is 0. The second kappa shape index (κ2) is 17.0. The summed E-state index contributed by atoms with van der Waals surface area (Å²) in [5.74, 6) is -1.03. The lowest BCUT2D eigenvalue weighted by Gasteiger charge is -2.07. The summed E-state index contributed by atoms with van der Waals surface area (Å²) in [5, 5.41) is 8.39. The van der Waals surface area contributed by atoms with E-state index in [4.69, 9.17) is 28.8 Å². The Kier molecular flexibility index (Phi) is 16.1. The van der Waals surface area contributed by atoms with Crippen LogP contribution in [0.5, 0.6) is 0 Å². The number of rotatable bonds is 18. The van der Waals surface area contributed by atoms with Crippen molar-refractivity contribution in [2.75, 3.05) is 66.1 Å². The van der Waals surface area contributed by atoms with Gasteiger partial charge in [0.05, 0.1) is 65.9 Å². The Morgan fingerprint density at radius 3 is 1.52 bits per heavy atom. The molecule has 0 saturated heterocycles. The monoisotopic (exact) mass is 334 g/mol. The molecule has 1 N–H and O–H groups in total. The summed E-state index contributed by atoms with van der Waals surface area (Å²) >= 11 is 0.